The Hall–Kier alpha value is -1.88. The van der Waals surface area contributed by atoms with Crippen LogP contribution >= 0.6 is 11.3 Å². The van der Waals surface area contributed by atoms with Crippen molar-refractivity contribution in [2.24, 2.45) is 5.41 Å². The van der Waals surface area contributed by atoms with Crippen molar-refractivity contribution in [1.29, 1.82) is 0 Å². The van der Waals surface area contributed by atoms with Gasteiger partial charge in [-0.25, -0.2) is 4.79 Å². The molecule has 6 nitrogen and oxygen atoms in total. The lowest BCUT2D eigenvalue weighted by Crippen LogP contribution is -2.40. The van der Waals surface area contributed by atoms with E-state index in [2.05, 4.69) is 11.8 Å². The normalized spacial score (nSPS) is 24.6. The lowest BCUT2D eigenvalue weighted by atomic mass is 9.91. The molecule has 1 unspecified atom stereocenters. The van der Waals surface area contributed by atoms with Gasteiger partial charge in [-0.2, -0.15) is 0 Å². The Kier molecular flexibility index (Phi) is 6.99. The Labute approximate surface area is 176 Å². The molecule has 0 bridgehead atoms. The van der Waals surface area contributed by atoms with E-state index in [1.807, 2.05) is 20.8 Å². The van der Waals surface area contributed by atoms with Gasteiger partial charge in [-0.1, -0.05) is 11.8 Å². The monoisotopic (exact) mass is 419 g/mol. The van der Waals surface area contributed by atoms with E-state index in [1.54, 1.807) is 11.0 Å². The molecule has 2 heterocycles. The van der Waals surface area contributed by atoms with Gasteiger partial charge in [0.1, 0.15) is 4.88 Å². The van der Waals surface area contributed by atoms with Crippen LogP contribution in [-0.2, 0) is 14.3 Å². The van der Waals surface area contributed by atoms with Crippen molar-refractivity contribution in [2.45, 2.75) is 71.1 Å². The molecule has 158 valence electrons. The van der Waals surface area contributed by atoms with E-state index in [0.717, 1.165) is 56.5 Å². The van der Waals surface area contributed by atoms with E-state index in [1.165, 1.54) is 0 Å². The number of amides is 1. The fourth-order valence-corrected chi connectivity index (χ4v) is 4.58. The smallest absolute Gasteiger partial charge is 0.348 e. The number of carbonyl (C=O) groups is 2. The van der Waals surface area contributed by atoms with Gasteiger partial charge in [0.05, 0.1) is 29.4 Å². The van der Waals surface area contributed by atoms with Crippen molar-refractivity contribution in [2.75, 3.05) is 18.1 Å². The molecule has 1 aromatic rings. The fourth-order valence-electron chi connectivity index (χ4n) is 3.73. The standard InChI is InChI=1S/C22H29NO5S/c1-22(2,3)10-8-18-12-19(20(29-18)21(25)26)23(14-24)15-4-6-16(7-5-15)28-17-9-11-27-13-17/h12,14-17H,4-7,9,11,13H2,1-3H3,(H,25,26). The topological polar surface area (TPSA) is 76.1 Å². The number of anilines is 1. The first-order chi connectivity index (χ1) is 13.8. The van der Waals surface area contributed by atoms with Crippen LogP contribution in [0.1, 0.15) is 67.4 Å². The molecule has 1 aromatic heterocycles. The number of thiophene rings is 1. The Morgan fingerprint density at radius 1 is 1.28 bits per heavy atom. The largest absolute Gasteiger partial charge is 0.477 e. The number of hydrogen-bond donors (Lipinski definition) is 1. The zero-order valence-corrected chi connectivity index (χ0v) is 18.1. The Morgan fingerprint density at radius 2 is 2.00 bits per heavy atom. The molecule has 1 aliphatic carbocycles. The van der Waals surface area contributed by atoms with Gasteiger partial charge < -0.3 is 19.5 Å². The Bertz CT molecular complexity index is 786. The van der Waals surface area contributed by atoms with E-state index in [-0.39, 0.29) is 28.5 Å². The summed E-state index contributed by atoms with van der Waals surface area (Å²) in [5, 5.41) is 9.64. The molecule has 1 saturated heterocycles. The van der Waals surface area contributed by atoms with Crippen LogP contribution in [0.15, 0.2) is 6.07 Å². The fraction of sp³-hybridized carbons (Fsp3) is 0.636. The predicted molar refractivity (Wildman–Crippen MR) is 113 cm³/mol. The van der Waals surface area contributed by atoms with Crippen LogP contribution in [0.4, 0.5) is 5.69 Å². The average molecular weight is 420 g/mol. The number of carboxylic acids is 1. The zero-order chi connectivity index (χ0) is 21.0. The second-order valence-electron chi connectivity index (χ2n) is 8.70. The molecular weight excluding hydrogens is 390 g/mol. The quantitative estimate of drug-likeness (QED) is 0.559. The highest BCUT2D eigenvalue weighted by molar-refractivity contribution is 7.15. The molecule has 0 radical (unpaired) electrons. The third kappa shape index (κ3) is 5.81. The van der Waals surface area contributed by atoms with E-state index in [0.29, 0.717) is 17.2 Å². The molecule has 2 aliphatic rings. The highest BCUT2D eigenvalue weighted by Crippen LogP contribution is 2.35. The molecule has 7 heteroatoms. The van der Waals surface area contributed by atoms with E-state index in [9.17, 15) is 14.7 Å². The molecule has 1 amide bonds. The summed E-state index contributed by atoms with van der Waals surface area (Å²) in [7, 11) is 0. The zero-order valence-electron chi connectivity index (χ0n) is 17.3. The van der Waals surface area contributed by atoms with Crippen LogP contribution in [0.5, 0.6) is 0 Å². The SMILES string of the molecule is CC(C)(C)C#Cc1cc(N(C=O)C2CCC(OC3CCOC3)CC2)c(C(=O)O)s1. The minimum absolute atomic E-state index is 0.0247. The summed E-state index contributed by atoms with van der Waals surface area (Å²) < 4.78 is 11.5. The lowest BCUT2D eigenvalue weighted by molar-refractivity contribution is -0.108. The van der Waals surface area contributed by atoms with Crippen molar-refractivity contribution >= 4 is 29.4 Å². The minimum atomic E-state index is -1.03. The van der Waals surface area contributed by atoms with E-state index in [4.69, 9.17) is 9.47 Å². The van der Waals surface area contributed by atoms with Gasteiger partial charge in [0.25, 0.3) is 0 Å². The first-order valence-electron chi connectivity index (χ1n) is 10.1. The second kappa shape index (κ2) is 9.29. The first kappa shape index (κ1) is 21.8. The third-order valence-electron chi connectivity index (χ3n) is 5.17. The van der Waals surface area contributed by atoms with E-state index < -0.39 is 5.97 Å². The number of nitrogens with zero attached hydrogens (tertiary/aromatic N) is 1. The van der Waals surface area contributed by atoms with Gasteiger partial charge in [-0.15, -0.1) is 11.3 Å². The summed E-state index contributed by atoms with van der Waals surface area (Å²) in [6, 6.07) is 1.71. The van der Waals surface area contributed by atoms with Gasteiger partial charge in [0, 0.05) is 18.1 Å². The number of rotatable bonds is 6. The third-order valence-corrected chi connectivity index (χ3v) is 6.20. The summed E-state index contributed by atoms with van der Waals surface area (Å²) in [5.74, 6) is 5.16. The number of ether oxygens (including phenoxy) is 2. The van der Waals surface area contributed by atoms with Gasteiger partial charge >= 0.3 is 5.97 Å². The van der Waals surface area contributed by atoms with Crippen LogP contribution in [0.25, 0.3) is 0 Å². The number of carboxylic acid groups (broad SMARTS) is 1. The van der Waals surface area contributed by atoms with Crippen molar-refractivity contribution in [3.8, 4) is 11.8 Å². The van der Waals surface area contributed by atoms with Crippen LogP contribution < -0.4 is 4.90 Å². The van der Waals surface area contributed by atoms with Crippen LogP contribution in [0, 0.1) is 17.3 Å². The maximum absolute atomic E-state index is 11.9. The first-order valence-corrected chi connectivity index (χ1v) is 11.0. The maximum atomic E-state index is 11.9. The summed E-state index contributed by atoms with van der Waals surface area (Å²) in [6.45, 7) is 7.43. The van der Waals surface area contributed by atoms with Gasteiger partial charge in [-0.05, 0) is 58.9 Å². The molecule has 29 heavy (non-hydrogen) atoms. The van der Waals surface area contributed by atoms with Crippen molar-refractivity contribution in [3.05, 3.63) is 15.8 Å². The van der Waals surface area contributed by atoms with Crippen LogP contribution in [-0.4, -0.2) is 48.9 Å². The molecule has 1 aliphatic heterocycles. The molecule has 1 N–H and O–H groups in total. The Morgan fingerprint density at radius 3 is 2.55 bits per heavy atom. The average Bonchev–Trinajstić information content (AvgIpc) is 3.31. The van der Waals surface area contributed by atoms with Crippen molar-refractivity contribution in [3.63, 3.8) is 0 Å². The molecular formula is C22H29NO5S. The number of hydrogen-bond acceptors (Lipinski definition) is 5. The highest BCUT2D eigenvalue weighted by atomic mass is 32.1. The number of carbonyl (C=O) groups excluding carboxylic acids is 1. The van der Waals surface area contributed by atoms with E-state index >= 15 is 0 Å². The Balaban J connectivity index is 1.72. The highest BCUT2D eigenvalue weighted by Gasteiger charge is 2.31. The van der Waals surface area contributed by atoms with Crippen LogP contribution in [0.2, 0.25) is 0 Å². The number of aromatic carboxylic acids is 1. The van der Waals surface area contributed by atoms with Gasteiger partial charge in [0.2, 0.25) is 6.41 Å². The molecule has 0 spiro atoms. The van der Waals surface area contributed by atoms with Gasteiger partial charge in [-0.3, -0.25) is 4.79 Å². The van der Waals surface area contributed by atoms with Crippen LogP contribution in [0.3, 0.4) is 0 Å². The van der Waals surface area contributed by atoms with Crippen molar-refractivity contribution in [1.82, 2.24) is 0 Å². The molecule has 0 aromatic carbocycles. The predicted octanol–water partition coefficient (Wildman–Crippen LogP) is 3.92. The summed E-state index contributed by atoms with van der Waals surface area (Å²) in [5.41, 5.74) is 0.268. The second-order valence-corrected chi connectivity index (χ2v) is 9.75. The van der Waals surface area contributed by atoms with Gasteiger partial charge in [0.15, 0.2) is 0 Å². The molecule has 1 atom stereocenters. The molecule has 2 fully saturated rings. The lowest BCUT2D eigenvalue weighted by Gasteiger charge is -2.35. The van der Waals surface area contributed by atoms with Crippen molar-refractivity contribution < 1.29 is 24.2 Å². The summed E-state index contributed by atoms with van der Waals surface area (Å²) in [6.07, 6.45) is 5.34. The molecule has 3 rings (SSSR count). The summed E-state index contributed by atoms with van der Waals surface area (Å²) >= 11 is 1.13. The maximum Gasteiger partial charge on any atom is 0.348 e. The molecule has 1 saturated carbocycles. The minimum Gasteiger partial charge on any atom is -0.477 e. The summed E-state index contributed by atoms with van der Waals surface area (Å²) in [4.78, 5) is 26.1.